The van der Waals surface area contributed by atoms with Crippen LogP contribution in [0.15, 0.2) is 36.5 Å². The third kappa shape index (κ3) is 3.10. The van der Waals surface area contributed by atoms with Crippen LogP contribution in [0.5, 0.6) is 5.75 Å². The summed E-state index contributed by atoms with van der Waals surface area (Å²) in [5.41, 5.74) is 3.51. The summed E-state index contributed by atoms with van der Waals surface area (Å²) in [4.78, 5) is 14.5. The van der Waals surface area contributed by atoms with E-state index in [1.807, 2.05) is 32.0 Å². The van der Waals surface area contributed by atoms with E-state index in [9.17, 15) is 4.79 Å². The van der Waals surface area contributed by atoms with E-state index in [1.165, 1.54) is 23.4 Å². The molecule has 1 heterocycles. The SMILES string of the molecule is Cc1cccc(C)c1COc1ccc(C(=O)O)nc1. The van der Waals surface area contributed by atoms with Gasteiger partial charge in [-0.3, -0.25) is 0 Å². The van der Waals surface area contributed by atoms with Crippen molar-refractivity contribution in [3.05, 3.63) is 58.9 Å². The maximum atomic E-state index is 10.7. The van der Waals surface area contributed by atoms with Crippen molar-refractivity contribution in [3.8, 4) is 5.75 Å². The van der Waals surface area contributed by atoms with Crippen LogP contribution in [-0.4, -0.2) is 16.1 Å². The highest BCUT2D eigenvalue weighted by Gasteiger charge is 2.06. The lowest BCUT2D eigenvalue weighted by Crippen LogP contribution is -2.03. The Morgan fingerprint density at radius 3 is 2.42 bits per heavy atom. The van der Waals surface area contributed by atoms with Gasteiger partial charge in [0.25, 0.3) is 0 Å². The molecule has 0 amide bonds. The third-order valence-electron chi connectivity index (χ3n) is 2.98. The largest absolute Gasteiger partial charge is 0.487 e. The van der Waals surface area contributed by atoms with E-state index < -0.39 is 5.97 Å². The van der Waals surface area contributed by atoms with Crippen molar-refractivity contribution in [1.29, 1.82) is 0 Å². The molecule has 4 heteroatoms. The monoisotopic (exact) mass is 257 g/mol. The van der Waals surface area contributed by atoms with Crippen molar-refractivity contribution in [2.24, 2.45) is 0 Å². The Morgan fingerprint density at radius 1 is 1.21 bits per heavy atom. The van der Waals surface area contributed by atoms with Crippen LogP contribution in [0.2, 0.25) is 0 Å². The molecule has 98 valence electrons. The summed E-state index contributed by atoms with van der Waals surface area (Å²) < 4.78 is 5.63. The zero-order valence-corrected chi connectivity index (χ0v) is 10.9. The highest BCUT2D eigenvalue weighted by molar-refractivity contribution is 5.85. The molecule has 0 atom stereocenters. The fourth-order valence-corrected chi connectivity index (χ4v) is 1.82. The van der Waals surface area contributed by atoms with Crippen molar-refractivity contribution in [2.45, 2.75) is 20.5 Å². The van der Waals surface area contributed by atoms with E-state index in [-0.39, 0.29) is 5.69 Å². The molecule has 1 aromatic carbocycles. The van der Waals surface area contributed by atoms with Crippen molar-refractivity contribution < 1.29 is 14.6 Å². The van der Waals surface area contributed by atoms with Crippen LogP contribution in [-0.2, 0) is 6.61 Å². The van der Waals surface area contributed by atoms with Gasteiger partial charge in [-0.15, -0.1) is 0 Å². The average molecular weight is 257 g/mol. The van der Waals surface area contributed by atoms with Crippen LogP contribution >= 0.6 is 0 Å². The van der Waals surface area contributed by atoms with Gasteiger partial charge in [0.1, 0.15) is 18.1 Å². The molecule has 0 saturated carbocycles. The van der Waals surface area contributed by atoms with Crippen LogP contribution in [0.25, 0.3) is 0 Å². The Hall–Kier alpha value is -2.36. The molecule has 1 N–H and O–H groups in total. The number of aryl methyl sites for hydroxylation is 2. The first-order valence-electron chi connectivity index (χ1n) is 5.95. The predicted molar refractivity (Wildman–Crippen MR) is 71.4 cm³/mol. The molecule has 0 unspecified atom stereocenters. The van der Waals surface area contributed by atoms with Crippen LogP contribution in [0.3, 0.4) is 0 Å². The number of carbonyl (C=O) groups is 1. The lowest BCUT2D eigenvalue weighted by atomic mass is 10.0. The lowest BCUT2D eigenvalue weighted by molar-refractivity contribution is 0.0690. The van der Waals surface area contributed by atoms with Crippen LogP contribution < -0.4 is 4.74 Å². The molecule has 0 spiro atoms. The number of pyridine rings is 1. The van der Waals surface area contributed by atoms with E-state index in [1.54, 1.807) is 6.07 Å². The fourth-order valence-electron chi connectivity index (χ4n) is 1.82. The van der Waals surface area contributed by atoms with E-state index in [4.69, 9.17) is 9.84 Å². The molecular formula is C15H15NO3. The van der Waals surface area contributed by atoms with Gasteiger partial charge >= 0.3 is 5.97 Å². The zero-order chi connectivity index (χ0) is 13.8. The highest BCUT2D eigenvalue weighted by atomic mass is 16.5. The molecular weight excluding hydrogens is 242 g/mol. The van der Waals surface area contributed by atoms with Crippen molar-refractivity contribution >= 4 is 5.97 Å². The smallest absolute Gasteiger partial charge is 0.354 e. The molecule has 0 aliphatic rings. The Morgan fingerprint density at radius 2 is 1.89 bits per heavy atom. The maximum Gasteiger partial charge on any atom is 0.354 e. The van der Waals surface area contributed by atoms with Crippen molar-refractivity contribution in [2.75, 3.05) is 0 Å². The number of benzene rings is 1. The van der Waals surface area contributed by atoms with E-state index in [0.717, 1.165) is 5.56 Å². The molecule has 2 rings (SSSR count). The molecule has 0 fully saturated rings. The molecule has 0 radical (unpaired) electrons. The summed E-state index contributed by atoms with van der Waals surface area (Å²) in [5, 5.41) is 8.75. The van der Waals surface area contributed by atoms with E-state index in [2.05, 4.69) is 4.98 Å². The summed E-state index contributed by atoms with van der Waals surface area (Å²) in [6.07, 6.45) is 1.43. The van der Waals surface area contributed by atoms with Gasteiger partial charge in [0, 0.05) is 0 Å². The lowest BCUT2D eigenvalue weighted by Gasteiger charge is -2.11. The number of nitrogens with zero attached hydrogens (tertiary/aromatic N) is 1. The maximum absolute atomic E-state index is 10.7. The summed E-state index contributed by atoms with van der Waals surface area (Å²) in [5.74, 6) is -0.478. The number of ether oxygens (including phenoxy) is 1. The Bertz CT molecular complexity index is 571. The number of hydrogen-bond acceptors (Lipinski definition) is 3. The summed E-state index contributed by atoms with van der Waals surface area (Å²) in [6.45, 7) is 4.53. The topological polar surface area (TPSA) is 59.4 Å². The van der Waals surface area contributed by atoms with E-state index >= 15 is 0 Å². The summed E-state index contributed by atoms with van der Waals surface area (Å²) in [7, 11) is 0. The second kappa shape index (κ2) is 5.52. The summed E-state index contributed by atoms with van der Waals surface area (Å²) in [6, 6.07) is 9.14. The first kappa shape index (κ1) is 13.1. The number of aromatic nitrogens is 1. The first-order chi connectivity index (χ1) is 9.08. The van der Waals surface area contributed by atoms with Crippen LogP contribution in [0.4, 0.5) is 0 Å². The molecule has 0 aliphatic heterocycles. The molecule has 0 saturated heterocycles. The van der Waals surface area contributed by atoms with Crippen LogP contribution in [0.1, 0.15) is 27.2 Å². The average Bonchev–Trinajstić information content (AvgIpc) is 2.38. The van der Waals surface area contributed by atoms with E-state index in [0.29, 0.717) is 12.4 Å². The number of carboxylic acids is 1. The predicted octanol–water partition coefficient (Wildman–Crippen LogP) is 2.98. The standard InChI is InChI=1S/C15H15NO3/c1-10-4-3-5-11(2)13(10)9-19-12-6-7-14(15(17)18)16-8-12/h3-8H,9H2,1-2H3,(H,17,18). The Labute approximate surface area is 111 Å². The molecule has 2 aromatic rings. The minimum absolute atomic E-state index is 0.0134. The quantitative estimate of drug-likeness (QED) is 0.914. The normalized spacial score (nSPS) is 10.2. The number of rotatable bonds is 4. The van der Waals surface area contributed by atoms with Gasteiger partial charge in [-0.1, -0.05) is 18.2 Å². The minimum Gasteiger partial charge on any atom is -0.487 e. The number of aromatic carboxylic acids is 1. The first-order valence-corrected chi connectivity index (χ1v) is 5.95. The number of hydrogen-bond donors (Lipinski definition) is 1. The fraction of sp³-hybridized carbons (Fsp3) is 0.200. The Balaban J connectivity index is 2.08. The highest BCUT2D eigenvalue weighted by Crippen LogP contribution is 2.17. The van der Waals surface area contributed by atoms with Gasteiger partial charge in [-0.25, -0.2) is 9.78 Å². The Kier molecular flexibility index (Phi) is 3.80. The summed E-state index contributed by atoms with van der Waals surface area (Å²) >= 11 is 0. The zero-order valence-electron chi connectivity index (χ0n) is 10.9. The van der Waals surface area contributed by atoms with Gasteiger partial charge in [-0.2, -0.15) is 0 Å². The molecule has 0 bridgehead atoms. The molecule has 19 heavy (non-hydrogen) atoms. The van der Waals surface area contributed by atoms with Gasteiger partial charge < -0.3 is 9.84 Å². The molecule has 0 aliphatic carbocycles. The van der Waals surface area contributed by atoms with Crippen molar-refractivity contribution in [3.63, 3.8) is 0 Å². The van der Waals surface area contributed by atoms with Gasteiger partial charge in [0.2, 0.25) is 0 Å². The van der Waals surface area contributed by atoms with Gasteiger partial charge in [-0.05, 0) is 42.7 Å². The van der Waals surface area contributed by atoms with Gasteiger partial charge in [0.05, 0.1) is 6.20 Å². The van der Waals surface area contributed by atoms with Crippen LogP contribution in [0, 0.1) is 13.8 Å². The van der Waals surface area contributed by atoms with Gasteiger partial charge in [0.15, 0.2) is 0 Å². The second-order valence-corrected chi connectivity index (χ2v) is 4.34. The molecule has 1 aromatic heterocycles. The third-order valence-corrected chi connectivity index (χ3v) is 2.98. The number of carboxylic acid groups (broad SMARTS) is 1. The minimum atomic E-state index is -1.04. The van der Waals surface area contributed by atoms with Crippen molar-refractivity contribution in [1.82, 2.24) is 4.98 Å². The second-order valence-electron chi connectivity index (χ2n) is 4.34. The molecule has 4 nitrogen and oxygen atoms in total.